The molecule has 1 atom stereocenters. The lowest BCUT2D eigenvalue weighted by atomic mass is 10.1. The van der Waals surface area contributed by atoms with Gasteiger partial charge in [-0.05, 0) is 61.4 Å². The highest BCUT2D eigenvalue weighted by Gasteiger charge is 2.17. The topological polar surface area (TPSA) is 185 Å². The molecule has 0 aliphatic heterocycles. The predicted octanol–water partition coefficient (Wildman–Crippen LogP) is 3.42. The first-order valence-corrected chi connectivity index (χ1v) is 14.8. The number of nitrogens with zero attached hydrogens (tertiary/aromatic N) is 4. The molecule has 0 bridgehead atoms. The number of rotatable bonds is 14. The number of nitrogens with two attached hydrogens (primary N) is 3. The Bertz CT molecular complexity index is 1570. The fraction of sp³-hybridized carbons (Fsp3) is 0.310. The van der Waals surface area contributed by atoms with Crippen LogP contribution < -0.4 is 32.7 Å². The van der Waals surface area contributed by atoms with Crippen LogP contribution >= 0.6 is 23.2 Å². The molecule has 0 saturated heterocycles. The van der Waals surface area contributed by atoms with E-state index in [2.05, 4.69) is 30.5 Å². The molecule has 0 fully saturated rings. The first-order chi connectivity index (χ1) is 20.7. The first kappa shape index (κ1) is 31.7. The number of aromatic nitrogens is 3. The lowest BCUT2D eigenvalue weighted by Crippen LogP contribution is -2.35. The number of carbonyl (C=O) groups is 2. The summed E-state index contributed by atoms with van der Waals surface area (Å²) in [6.45, 7) is 1.77. The Labute approximate surface area is 259 Å². The van der Waals surface area contributed by atoms with Crippen molar-refractivity contribution in [3.05, 3.63) is 60.3 Å². The van der Waals surface area contributed by atoms with E-state index in [1.54, 1.807) is 30.5 Å². The van der Waals surface area contributed by atoms with Gasteiger partial charge in [0.05, 0.1) is 28.5 Å². The van der Waals surface area contributed by atoms with Crippen molar-refractivity contribution in [2.75, 3.05) is 46.9 Å². The van der Waals surface area contributed by atoms with Gasteiger partial charge in [0.25, 0.3) is 5.91 Å². The molecule has 0 radical (unpaired) electrons. The lowest BCUT2D eigenvalue weighted by Gasteiger charge is -2.23. The van der Waals surface area contributed by atoms with Gasteiger partial charge < -0.3 is 42.3 Å². The molecule has 4 aromatic rings. The third-order valence-corrected chi connectivity index (χ3v) is 7.10. The molecule has 2 amide bonds. The predicted molar refractivity (Wildman–Crippen MR) is 175 cm³/mol. The van der Waals surface area contributed by atoms with Crippen molar-refractivity contribution in [3.63, 3.8) is 0 Å². The van der Waals surface area contributed by atoms with Crippen LogP contribution in [0.2, 0.25) is 0 Å². The van der Waals surface area contributed by atoms with Gasteiger partial charge in [-0.1, -0.05) is 0 Å². The SMILES string of the molecule is Cn1cc(NC(=O)[C@@H](N)CCCN=C(N)N)cc1-c1nc2ccc(C(=O)Nc3ccc(N(CCCl)CCCl)cc3)cc2[nH]1. The van der Waals surface area contributed by atoms with E-state index in [0.29, 0.717) is 78.0 Å². The molecule has 12 nitrogen and oxygen atoms in total. The standard InChI is InChI=1S/C29H36Cl2N10O2/c1-40-17-20(37-28(43)22(32)3-2-12-35-29(33)34)16-25(40)26-38-23-9-4-18(15-24(23)39-26)27(42)36-19-5-7-21(8-6-19)41(13-10-30)14-11-31/h4-9,15-17,22H,2-3,10-14,32H2,1H3,(H,36,42)(H,37,43)(H,38,39)(H4,33,34,35)/t22-/m0/s1. The van der Waals surface area contributed by atoms with Gasteiger partial charge in [-0.15, -0.1) is 23.2 Å². The Kier molecular flexibility index (Phi) is 10.9. The summed E-state index contributed by atoms with van der Waals surface area (Å²) in [5, 5.41) is 5.78. The lowest BCUT2D eigenvalue weighted by molar-refractivity contribution is -0.117. The molecule has 228 valence electrons. The Balaban J connectivity index is 1.41. The minimum atomic E-state index is -0.701. The van der Waals surface area contributed by atoms with Crippen LogP contribution in [0.5, 0.6) is 0 Å². The number of aliphatic imine (C=N–C) groups is 1. The van der Waals surface area contributed by atoms with E-state index >= 15 is 0 Å². The fourth-order valence-corrected chi connectivity index (χ4v) is 4.97. The van der Waals surface area contributed by atoms with Gasteiger partial charge in [-0.25, -0.2) is 4.98 Å². The van der Waals surface area contributed by atoms with Gasteiger partial charge >= 0.3 is 0 Å². The van der Waals surface area contributed by atoms with Gasteiger partial charge in [0.1, 0.15) is 0 Å². The summed E-state index contributed by atoms with van der Waals surface area (Å²) in [6, 6.07) is 13.9. The van der Waals surface area contributed by atoms with Gasteiger partial charge in [-0.3, -0.25) is 14.6 Å². The van der Waals surface area contributed by atoms with E-state index in [4.69, 9.17) is 40.4 Å². The summed E-state index contributed by atoms with van der Waals surface area (Å²) in [7, 11) is 1.85. The summed E-state index contributed by atoms with van der Waals surface area (Å²) in [5.74, 6) is 1.03. The maximum Gasteiger partial charge on any atom is 0.255 e. The third kappa shape index (κ3) is 8.40. The number of anilines is 3. The number of hydrogen-bond donors (Lipinski definition) is 6. The van der Waals surface area contributed by atoms with E-state index in [1.807, 2.05) is 35.9 Å². The highest BCUT2D eigenvalue weighted by molar-refractivity contribution is 6.18. The average molecular weight is 628 g/mol. The number of nitrogens with one attached hydrogen (secondary N) is 3. The number of halogens is 2. The summed E-state index contributed by atoms with van der Waals surface area (Å²) in [4.78, 5) is 39.5. The number of guanidine groups is 1. The molecule has 4 rings (SSSR count). The number of hydrogen-bond acceptors (Lipinski definition) is 6. The molecule has 0 unspecified atom stereocenters. The van der Waals surface area contributed by atoms with Gasteiger partial charge in [0.15, 0.2) is 11.8 Å². The number of amides is 2. The second kappa shape index (κ2) is 14.8. The van der Waals surface area contributed by atoms with Crippen molar-refractivity contribution < 1.29 is 9.59 Å². The van der Waals surface area contributed by atoms with E-state index in [9.17, 15) is 9.59 Å². The number of H-pyrrole nitrogens is 1. The molecule has 0 saturated carbocycles. The zero-order valence-corrected chi connectivity index (χ0v) is 25.3. The molecule has 14 heteroatoms. The average Bonchev–Trinajstić information content (AvgIpc) is 3.57. The van der Waals surface area contributed by atoms with Crippen LogP contribution in [-0.4, -0.2) is 69.7 Å². The Morgan fingerprint density at radius 2 is 1.77 bits per heavy atom. The Hall–Kier alpha value is -4.26. The van der Waals surface area contributed by atoms with Crippen LogP contribution in [0.1, 0.15) is 23.2 Å². The quantitative estimate of drug-likeness (QED) is 0.0535. The van der Waals surface area contributed by atoms with Gasteiger partial charge in [0.2, 0.25) is 5.91 Å². The third-order valence-electron chi connectivity index (χ3n) is 6.76. The normalized spacial score (nSPS) is 11.7. The number of aromatic amines is 1. The minimum absolute atomic E-state index is 0.00977. The molecule has 2 aromatic heterocycles. The molecular formula is C29H36Cl2N10O2. The molecule has 2 aromatic carbocycles. The summed E-state index contributed by atoms with van der Waals surface area (Å²) >= 11 is 11.8. The van der Waals surface area contributed by atoms with E-state index in [1.165, 1.54) is 0 Å². The second-order valence-corrected chi connectivity index (χ2v) is 10.7. The van der Waals surface area contributed by atoms with Crippen molar-refractivity contribution in [3.8, 4) is 11.5 Å². The monoisotopic (exact) mass is 626 g/mol. The van der Waals surface area contributed by atoms with Gasteiger partial charge in [0, 0.05) is 61.6 Å². The number of imidazole rings is 1. The number of aryl methyl sites for hydroxylation is 1. The van der Waals surface area contributed by atoms with Crippen LogP contribution in [0, 0.1) is 0 Å². The number of carbonyl (C=O) groups excluding carboxylic acids is 2. The summed E-state index contributed by atoms with van der Waals surface area (Å²) < 4.78 is 1.84. The smallest absolute Gasteiger partial charge is 0.255 e. The second-order valence-electron chi connectivity index (χ2n) is 9.95. The number of benzene rings is 2. The molecule has 0 aliphatic carbocycles. The highest BCUT2D eigenvalue weighted by Crippen LogP contribution is 2.26. The Morgan fingerprint density at radius 3 is 2.44 bits per heavy atom. The number of alkyl halides is 2. The van der Waals surface area contributed by atoms with Crippen LogP contribution in [-0.2, 0) is 11.8 Å². The van der Waals surface area contributed by atoms with Crippen molar-refractivity contribution in [2.24, 2.45) is 29.2 Å². The van der Waals surface area contributed by atoms with Crippen LogP contribution in [0.3, 0.4) is 0 Å². The molecule has 43 heavy (non-hydrogen) atoms. The van der Waals surface area contributed by atoms with Crippen molar-refractivity contribution in [1.29, 1.82) is 0 Å². The van der Waals surface area contributed by atoms with E-state index < -0.39 is 6.04 Å². The summed E-state index contributed by atoms with van der Waals surface area (Å²) in [5.41, 5.74) is 21.5. The zero-order valence-electron chi connectivity index (χ0n) is 23.8. The molecular weight excluding hydrogens is 591 g/mol. The summed E-state index contributed by atoms with van der Waals surface area (Å²) in [6.07, 6.45) is 2.80. The zero-order chi connectivity index (χ0) is 30.9. The first-order valence-electron chi connectivity index (χ1n) is 13.7. The molecule has 0 spiro atoms. The van der Waals surface area contributed by atoms with Gasteiger partial charge in [-0.2, -0.15) is 0 Å². The molecule has 2 heterocycles. The van der Waals surface area contributed by atoms with Crippen molar-refractivity contribution >= 4 is 69.1 Å². The maximum absolute atomic E-state index is 13.0. The van der Waals surface area contributed by atoms with E-state index in [0.717, 1.165) is 11.4 Å². The van der Waals surface area contributed by atoms with E-state index in [-0.39, 0.29) is 17.8 Å². The highest BCUT2D eigenvalue weighted by atomic mass is 35.5. The largest absolute Gasteiger partial charge is 0.370 e. The molecule has 0 aliphatic rings. The maximum atomic E-state index is 13.0. The Morgan fingerprint density at radius 1 is 1.05 bits per heavy atom. The van der Waals surface area contributed by atoms with Crippen molar-refractivity contribution in [2.45, 2.75) is 18.9 Å². The number of fused-ring (bicyclic) bond motifs is 1. The van der Waals surface area contributed by atoms with Crippen molar-refractivity contribution in [1.82, 2.24) is 14.5 Å². The van der Waals surface area contributed by atoms with Crippen LogP contribution in [0.15, 0.2) is 59.7 Å². The molecule has 9 N–H and O–H groups in total. The van der Waals surface area contributed by atoms with Crippen LogP contribution in [0.4, 0.5) is 17.1 Å². The fourth-order valence-electron chi connectivity index (χ4n) is 4.56. The minimum Gasteiger partial charge on any atom is -0.370 e. The van der Waals surface area contributed by atoms with Crippen LogP contribution in [0.25, 0.3) is 22.6 Å².